The third-order valence-corrected chi connectivity index (χ3v) is 6.94. The minimum atomic E-state index is -3.59. The molecule has 1 saturated heterocycles. The van der Waals surface area contributed by atoms with Crippen LogP contribution in [0.2, 0.25) is 0 Å². The highest BCUT2D eigenvalue weighted by atomic mass is 32.2. The molecule has 0 radical (unpaired) electrons. The lowest BCUT2D eigenvalue weighted by atomic mass is 10.0. The van der Waals surface area contributed by atoms with Crippen LogP contribution in [-0.4, -0.2) is 56.6 Å². The molecular formula is C22H23FN4O4S. The van der Waals surface area contributed by atoms with E-state index >= 15 is 0 Å². The van der Waals surface area contributed by atoms with Crippen LogP contribution in [0.3, 0.4) is 0 Å². The molecule has 0 saturated carbocycles. The molecule has 0 aromatic heterocycles. The molecule has 2 aliphatic rings. The first-order valence-corrected chi connectivity index (χ1v) is 11.8. The highest BCUT2D eigenvalue weighted by Crippen LogP contribution is 2.22. The molecule has 2 aliphatic heterocycles. The zero-order valence-corrected chi connectivity index (χ0v) is 18.1. The molecule has 2 N–H and O–H groups in total. The predicted octanol–water partition coefficient (Wildman–Crippen LogP) is 1.68. The zero-order valence-electron chi connectivity index (χ0n) is 17.3. The van der Waals surface area contributed by atoms with Crippen LogP contribution in [0.5, 0.6) is 0 Å². The Bertz CT molecular complexity index is 1160. The van der Waals surface area contributed by atoms with E-state index in [4.69, 9.17) is 0 Å². The second-order valence-corrected chi connectivity index (χ2v) is 9.37. The van der Waals surface area contributed by atoms with Gasteiger partial charge in [0.05, 0.1) is 11.4 Å². The second kappa shape index (κ2) is 9.07. The molecule has 0 unspecified atom stereocenters. The molecule has 2 aromatic carbocycles. The van der Waals surface area contributed by atoms with Gasteiger partial charge >= 0.3 is 0 Å². The minimum Gasteiger partial charge on any atom is -0.349 e. The minimum absolute atomic E-state index is 0.0544. The normalized spacial score (nSPS) is 18.8. The van der Waals surface area contributed by atoms with Crippen molar-refractivity contribution in [2.45, 2.75) is 30.2 Å². The number of aliphatic imine (C=N–C) groups is 1. The number of fused-ring (bicyclic) bond motifs is 1. The van der Waals surface area contributed by atoms with Crippen LogP contribution in [0.25, 0.3) is 0 Å². The van der Waals surface area contributed by atoms with Gasteiger partial charge in [-0.05, 0) is 49.2 Å². The number of likely N-dealkylation sites (tertiary alicyclic amines) is 1. The van der Waals surface area contributed by atoms with Crippen LogP contribution in [0.4, 0.5) is 4.39 Å². The first kappa shape index (κ1) is 21.9. The van der Waals surface area contributed by atoms with Gasteiger partial charge in [0, 0.05) is 36.7 Å². The zero-order chi connectivity index (χ0) is 22.7. The van der Waals surface area contributed by atoms with Crippen molar-refractivity contribution >= 4 is 27.7 Å². The van der Waals surface area contributed by atoms with E-state index in [-0.39, 0.29) is 41.6 Å². The fourth-order valence-corrected chi connectivity index (χ4v) is 5.07. The van der Waals surface area contributed by atoms with Gasteiger partial charge < -0.3 is 10.2 Å². The van der Waals surface area contributed by atoms with Crippen LogP contribution in [0.1, 0.15) is 35.2 Å². The van der Waals surface area contributed by atoms with Crippen molar-refractivity contribution in [3.8, 4) is 0 Å². The van der Waals surface area contributed by atoms with Crippen molar-refractivity contribution in [3.05, 3.63) is 65.5 Å². The van der Waals surface area contributed by atoms with Gasteiger partial charge in [0.15, 0.2) is 0 Å². The quantitative estimate of drug-likeness (QED) is 0.711. The van der Waals surface area contributed by atoms with E-state index < -0.39 is 15.8 Å². The summed E-state index contributed by atoms with van der Waals surface area (Å²) in [5.74, 6) is -0.458. The standard InChI is InChI=1S/C22H23FN4O4S/c23-16-7-5-15(6-8-16)22(29)25-17-10-13-27(14-11-17)20(28)9-12-24-21-18-3-1-2-4-19(18)32(30,31)26-21/h1-8,17H,9-14H2,(H,24,26)(H,25,29). The van der Waals surface area contributed by atoms with Gasteiger partial charge in [-0.3, -0.25) is 19.3 Å². The van der Waals surface area contributed by atoms with E-state index in [9.17, 15) is 22.4 Å². The van der Waals surface area contributed by atoms with Crippen LogP contribution in [-0.2, 0) is 14.8 Å². The average Bonchev–Trinajstić information content (AvgIpc) is 3.05. The largest absolute Gasteiger partial charge is 0.349 e. The summed E-state index contributed by atoms with van der Waals surface area (Å²) in [6.45, 7) is 1.20. The number of sulfonamides is 1. The first-order chi connectivity index (χ1) is 15.3. The maximum atomic E-state index is 13.0. The van der Waals surface area contributed by atoms with Crippen molar-refractivity contribution in [2.75, 3.05) is 19.6 Å². The molecule has 8 nitrogen and oxygen atoms in total. The molecule has 2 heterocycles. The fraction of sp³-hybridized carbons (Fsp3) is 0.318. The smallest absolute Gasteiger partial charge is 0.263 e. The Morgan fingerprint density at radius 1 is 1.09 bits per heavy atom. The third kappa shape index (κ3) is 4.80. The van der Waals surface area contributed by atoms with Crippen molar-refractivity contribution in [1.29, 1.82) is 0 Å². The van der Waals surface area contributed by atoms with Crippen LogP contribution in [0, 0.1) is 5.82 Å². The van der Waals surface area contributed by atoms with E-state index in [1.54, 1.807) is 23.1 Å². The first-order valence-electron chi connectivity index (χ1n) is 10.3. The maximum absolute atomic E-state index is 13.0. The number of rotatable bonds is 5. The van der Waals surface area contributed by atoms with Crippen LogP contribution >= 0.6 is 0 Å². The van der Waals surface area contributed by atoms with E-state index in [0.717, 1.165) is 0 Å². The number of nitrogens with zero attached hydrogens (tertiary/aromatic N) is 2. The highest BCUT2D eigenvalue weighted by molar-refractivity contribution is 7.90. The average molecular weight is 459 g/mol. The van der Waals surface area contributed by atoms with Gasteiger partial charge in [-0.15, -0.1) is 0 Å². The van der Waals surface area contributed by atoms with E-state index in [0.29, 0.717) is 37.1 Å². The molecule has 2 aromatic rings. The summed E-state index contributed by atoms with van der Waals surface area (Å²) >= 11 is 0. The topological polar surface area (TPSA) is 108 Å². The molecule has 4 rings (SSSR count). The van der Waals surface area contributed by atoms with Crippen LogP contribution < -0.4 is 10.0 Å². The Hall–Kier alpha value is -3.27. The molecule has 1 fully saturated rings. The molecule has 2 amide bonds. The monoisotopic (exact) mass is 458 g/mol. The molecule has 0 aliphatic carbocycles. The Balaban J connectivity index is 1.25. The van der Waals surface area contributed by atoms with Crippen molar-refractivity contribution in [3.63, 3.8) is 0 Å². The number of hydrogen-bond donors (Lipinski definition) is 2. The number of carbonyl (C=O) groups excluding carboxylic acids is 2. The number of amidine groups is 1. The number of halogens is 1. The summed E-state index contributed by atoms with van der Waals surface area (Å²) in [7, 11) is -3.59. The number of piperidine rings is 1. The maximum Gasteiger partial charge on any atom is 0.263 e. The van der Waals surface area contributed by atoms with Gasteiger partial charge in [0.2, 0.25) is 5.91 Å². The summed E-state index contributed by atoms with van der Waals surface area (Å²) in [4.78, 5) is 31.0. The lowest BCUT2D eigenvalue weighted by molar-refractivity contribution is -0.132. The molecule has 0 spiro atoms. The lowest BCUT2D eigenvalue weighted by Gasteiger charge is -2.32. The molecule has 0 atom stereocenters. The van der Waals surface area contributed by atoms with E-state index in [2.05, 4.69) is 15.0 Å². The number of amides is 2. The molecule has 32 heavy (non-hydrogen) atoms. The Labute approximate surface area is 185 Å². The van der Waals surface area contributed by atoms with Crippen molar-refractivity contribution < 1.29 is 22.4 Å². The second-order valence-electron chi connectivity index (χ2n) is 7.72. The Morgan fingerprint density at radius 2 is 1.78 bits per heavy atom. The van der Waals surface area contributed by atoms with Gasteiger partial charge in [-0.1, -0.05) is 12.1 Å². The van der Waals surface area contributed by atoms with Crippen molar-refractivity contribution in [1.82, 2.24) is 14.9 Å². The number of benzene rings is 2. The van der Waals surface area contributed by atoms with Gasteiger partial charge in [0.1, 0.15) is 11.7 Å². The van der Waals surface area contributed by atoms with Crippen LogP contribution in [0.15, 0.2) is 58.4 Å². The van der Waals surface area contributed by atoms with Gasteiger partial charge in [-0.25, -0.2) is 12.8 Å². The number of nitrogens with one attached hydrogen (secondary N) is 2. The predicted molar refractivity (Wildman–Crippen MR) is 116 cm³/mol. The SMILES string of the molecule is O=C(NC1CCN(C(=O)CCN=C2NS(=O)(=O)c3ccccc32)CC1)c1ccc(F)cc1. The van der Waals surface area contributed by atoms with Crippen molar-refractivity contribution in [2.24, 2.45) is 4.99 Å². The molecule has 0 bridgehead atoms. The third-order valence-electron chi connectivity index (χ3n) is 5.55. The molecule has 10 heteroatoms. The summed E-state index contributed by atoms with van der Waals surface area (Å²) in [5, 5.41) is 2.93. The Kier molecular flexibility index (Phi) is 6.22. The van der Waals surface area contributed by atoms with E-state index in [1.807, 2.05) is 0 Å². The number of carbonyl (C=O) groups is 2. The molecular weight excluding hydrogens is 435 g/mol. The highest BCUT2D eigenvalue weighted by Gasteiger charge is 2.30. The Morgan fingerprint density at radius 3 is 2.50 bits per heavy atom. The lowest BCUT2D eigenvalue weighted by Crippen LogP contribution is -2.46. The molecule has 168 valence electrons. The van der Waals surface area contributed by atoms with E-state index in [1.165, 1.54) is 30.3 Å². The summed E-state index contributed by atoms with van der Waals surface area (Å²) < 4.78 is 39.6. The summed E-state index contributed by atoms with van der Waals surface area (Å²) in [6.07, 6.45) is 1.42. The summed E-state index contributed by atoms with van der Waals surface area (Å²) in [6, 6.07) is 11.9. The fourth-order valence-electron chi connectivity index (χ4n) is 3.82. The van der Waals surface area contributed by atoms with Gasteiger partial charge in [0.25, 0.3) is 15.9 Å². The number of hydrogen-bond acceptors (Lipinski definition) is 5. The summed E-state index contributed by atoms with van der Waals surface area (Å²) in [5.41, 5.74) is 0.908. The van der Waals surface area contributed by atoms with Gasteiger partial charge in [-0.2, -0.15) is 0 Å².